The van der Waals surface area contributed by atoms with Crippen LogP contribution < -0.4 is 10.6 Å². The van der Waals surface area contributed by atoms with E-state index in [-0.39, 0.29) is 18.0 Å². The van der Waals surface area contributed by atoms with Gasteiger partial charge in [0.15, 0.2) is 5.11 Å². The fraction of sp³-hybridized carbons (Fsp3) is 0.206. The second kappa shape index (κ2) is 11.2. The summed E-state index contributed by atoms with van der Waals surface area (Å²) in [6.45, 7) is 6.88. The Labute approximate surface area is 246 Å². The fourth-order valence-electron chi connectivity index (χ4n) is 6.01. The molecule has 0 bridgehead atoms. The first-order valence-electron chi connectivity index (χ1n) is 13.9. The predicted octanol–water partition coefficient (Wildman–Crippen LogP) is 6.95. The molecule has 5 aromatic rings. The van der Waals surface area contributed by atoms with Gasteiger partial charge in [0.1, 0.15) is 0 Å². The third kappa shape index (κ3) is 5.21. The zero-order valence-corrected chi connectivity index (χ0v) is 24.3. The molecular weight excluding hydrogens is 526 g/mol. The summed E-state index contributed by atoms with van der Waals surface area (Å²) in [5, 5.41) is 9.40. The highest BCUT2D eigenvalue weighted by atomic mass is 32.1. The van der Waals surface area contributed by atoms with Gasteiger partial charge >= 0.3 is 0 Å². The second-order valence-corrected chi connectivity index (χ2v) is 11.0. The Bertz CT molecular complexity index is 1740. The summed E-state index contributed by atoms with van der Waals surface area (Å²) in [6.07, 6.45) is 2.11. The van der Waals surface area contributed by atoms with Crippen molar-refractivity contribution in [2.45, 2.75) is 39.3 Å². The van der Waals surface area contributed by atoms with Gasteiger partial charge in [-0.25, -0.2) is 0 Å². The SMILES string of the molecule is Cc1cccc(-n2c(C)cc([C@H]3[C@@H](c4ccccn4)NC(=S)N3CCC(=O)Nc3cccc4ccccc34)c2C)c1. The topological polar surface area (TPSA) is 62.2 Å². The van der Waals surface area contributed by atoms with Gasteiger partial charge in [0, 0.05) is 47.3 Å². The Kier molecular flexibility index (Phi) is 7.28. The van der Waals surface area contributed by atoms with E-state index in [1.54, 1.807) is 0 Å². The average molecular weight is 560 g/mol. The molecule has 3 aromatic carbocycles. The maximum Gasteiger partial charge on any atom is 0.226 e. The molecule has 0 spiro atoms. The molecule has 206 valence electrons. The highest BCUT2D eigenvalue weighted by Gasteiger charge is 2.41. The van der Waals surface area contributed by atoms with Gasteiger partial charge in [-0.15, -0.1) is 0 Å². The Hall–Kier alpha value is -4.49. The number of carbonyl (C=O) groups is 1. The Balaban J connectivity index is 1.31. The third-order valence-electron chi connectivity index (χ3n) is 7.89. The van der Waals surface area contributed by atoms with Gasteiger partial charge in [-0.05, 0) is 85.9 Å². The van der Waals surface area contributed by atoms with Gasteiger partial charge in [0.05, 0.1) is 17.8 Å². The van der Waals surface area contributed by atoms with Crippen LogP contribution in [0.25, 0.3) is 16.5 Å². The van der Waals surface area contributed by atoms with Crippen LogP contribution in [0.15, 0.2) is 97.2 Å². The number of hydrogen-bond donors (Lipinski definition) is 2. The highest BCUT2D eigenvalue weighted by Crippen LogP contribution is 2.41. The molecule has 1 amide bonds. The number of carbonyl (C=O) groups excluding carboxylic acids is 1. The molecule has 0 radical (unpaired) electrons. The van der Waals surface area contributed by atoms with Gasteiger partial charge < -0.3 is 20.1 Å². The van der Waals surface area contributed by atoms with E-state index in [9.17, 15) is 4.79 Å². The number of benzene rings is 3. The van der Waals surface area contributed by atoms with Crippen LogP contribution in [-0.4, -0.2) is 32.0 Å². The minimum atomic E-state index is -0.142. The lowest BCUT2D eigenvalue weighted by atomic mass is 9.96. The van der Waals surface area contributed by atoms with Gasteiger partial charge in [0.25, 0.3) is 0 Å². The minimum Gasteiger partial charge on any atom is -0.352 e. The van der Waals surface area contributed by atoms with Gasteiger partial charge in [-0.2, -0.15) is 0 Å². The van der Waals surface area contributed by atoms with Crippen molar-refractivity contribution < 1.29 is 4.79 Å². The quantitative estimate of drug-likeness (QED) is 0.211. The number of rotatable bonds is 7. The molecule has 0 saturated carbocycles. The summed E-state index contributed by atoms with van der Waals surface area (Å²) in [5.41, 5.74) is 7.55. The van der Waals surface area contributed by atoms with Gasteiger partial charge in [0.2, 0.25) is 5.91 Å². The minimum absolute atomic E-state index is 0.0468. The summed E-state index contributed by atoms with van der Waals surface area (Å²) in [6, 6.07) is 30.5. The standard InChI is InChI=1S/C34H33N5OS/c1-22-10-8-13-26(20-22)39-23(2)21-28(24(39)3)33-32(30-15-6-7-18-35-30)37-34(41)38(33)19-17-31(40)36-29-16-9-12-25-11-4-5-14-27(25)29/h4-16,18,20-21,32-33H,17,19H2,1-3H3,(H,36,40)(H,37,41)/t32-,33+/m1/s1. The summed E-state index contributed by atoms with van der Waals surface area (Å²) in [5.74, 6) is -0.0468. The van der Waals surface area contributed by atoms with Crippen LogP contribution in [0.4, 0.5) is 5.69 Å². The molecule has 7 heteroatoms. The van der Waals surface area contributed by atoms with Crippen LogP contribution in [-0.2, 0) is 4.79 Å². The lowest BCUT2D eigenvalue weighted by Crippen LogP contribution is -2.33. The number of hydrogen-bond acceptors (Lipinski definition) is 3. The maximum absolute atomic E-state index is 13.2. The van der Waals surface area contributed by atoms with E-state index in [4.69, 9.17) is 12.2 Å². The first-order valence-corrected chi connectivity index (χ1v) is 14.3. The molecule has 1 fully saturated rings. The van der Waals surface area contributed by atoms with Gasteiger partial charge in [-0.3, -0.25) is 9.78 Å². The number of aryl methyl sites for hydroxylation is 2. The average Bonchev–Trinajstić information content (AvgIpc) is 3.46. The zero-order valence-electron chi connectivity index (χ0n) is 23.5. The second-order valence-electron chi connectivity index (χ2n) is 10.6. The van der Waals surface area contributed by atoms with E-state index >= 15 is 0 Å². The molecule has 1 aliphatic rings. The Morgan fingerprint density at radius 3 is 2.54 bits per heavy atom. The number of fused-ring (bicyclic) bond motifs is 1. The number of thiocarbonyl (C=S) groups is 1. The van der Waals surface area contributed by atoms with Crippen molar-refractivity contribution in [1.82, 2.24) is 19.8 Å². The normalized spacial score (nSPS) is 16.7. The van der Waals surface area contributed by atoms with Crippen molar-refractivity contribution in [3.8, 4) is 5.69 Å². The molecule has 2 N–H and O–H groups in total. The van der Waals surface area contributed by atoms with E-state index < -0.39 is 0 Å². The van der Waals surface area contributed by atoms with Crippen molar-refractivity contribution >= 4 is 39.7 Å². The first kappa shape index (κ1) is 26.7. The number of amides is 1. The lowest BCUT2D eigenvalue weighted by molar-refractivity contribution is -0.116. The number of nitrogens with zero attached hydrogens (tertiary/aromatic N) is 3. The van der Waals surface area contributed by atoms with Crippen LogP contribution in [0.1, 0.15) is 46.7 Å². The Morgan fingerprint density at radius 1 is 0.951 bits per heavy atom. The molecule has 6 nitrogen and oxygen atoms in total. The van der Waals surface area contributed by atoms with E-state index in [0.29, 0.717) is 18.1 Å². The van der Waals surface area contributed by atoms with Crippen molar-refractivity contribution in [3.63, 3.8) is 0 Å². The molecular formula is C34H33N5OS. The highest BCUT2D eigenvalue weighted by molar-refractivity contribution is 7.80. The van der Waals surface area contributed by atoms with Crippen molar-refractivity contribution in [1.29, 1.82) is 0 Å². The lowest BCUT2D eigenvalue weighted by Gasteiger charge is -2.28. The van der Waals surface area contributed by atoms with Crippen molar-refractivity contribution in [2.75, 3.05) is 11.9 Å². The van der Waals surface area contributed by atoms with E-state index in [1.165, 1.54) is 11.1 Å². The number of aromatic nitrogens is 2. The van der Waals surface area contributed by atoms with E-state index in [2.05, 4.69) is 88.3 Å². The fourth-order valence-corrected chi connectivity index (χ4v) is 6.34. The number of nitrogens with one attached hydrogen (secondary N) is 2. The van der Waals surface area contributed by atoms with Crippen molar-refractivity contribution in [3.05, 3.63) is 125 Å². The molecule has 41 heavy (non-hydrogen) atoms. The van der Waals surface area contributed by atoms with Crippen LogP contribution in [0.2, 0.25) is 0 Å². The molecule has 2 aromatic heterocycles. The molecule has 1 aliphatic heterocycles. The Morgan fingerprint density at radius 2 is 1.73 bits per heavy atom. The summed E-state index contributed by atoms with van der Waals surface area (Å²) >= 11 is 5.88. The molecule has 0 aliphatic carbocycles. The smallest absolute Gasteiger partial charge is 0.226 e. The maximum atomic E-state index is 13.2. The predicted molar refractivity (Wildman–Crippen MR) is 169 cm³/mol. The number of pyridine rings is 1. The summed E-state index contributed by atoms with van der Waals surface area (Å²) < 4.78 is 2.30. The van der Waals surface area contributed by atoms with Crippen LogP contribution in [0.3, 0.4) is 0 Å². The summed E-state index contributed by atoms with van der Waals surface area (Å²) in [7, 11) is 0. The molecule has 1 saturated heterocycles. The molecule has 3 heterocycles. The number of anilines is 1. The largest absolute Gasteiger partial charge is 0.352 e. The molecule has 0 unspecified atom stereocenters. The van der Waals surface area contributed by atoms with E-state index in [0.717, 1.165) is 39.2 Å². The van der Waals surface area contributed by atoms with Crippen LogP contribution in [0.5, 0.6) is 0 Å². The van der Waals surface area contributed by atoms with Gasteiger partial charge in [-0.1, -0.05) is 54.6 Å². The first-order chi connectivity index (χ1) is 19.9. The van der Waals surface area contributed by atoms with E-state index in [1.807, 2.05) is 54.7 Å². The summed E-state index contributed by atoms with van der Waals surface area (Å²) in [4.78, 5) is 20.1. The molecule has 6 rings (SSSR count). The third-order valence-corrected chi connectivity index (χ3v) is 8.24. The molecule has 2 atom stereocenters. The van der Waals surface area contributed by atoms with Crippen molar-refractivity contribution in [2.24, 2.45) is 0 Å². The zero-order chi connectivity index (χ0) is 28.5. The van der Waals surface area contributed by atoms with Crippen LogP contribution in [0, 0.1) is 20.8 Å². The van der Waals surface area contributed by atoms with Crippen LogP contribution >= 0.6 is 12.2 Å². The monoisotopic (exact) mass is 559 g/mol.